The highest BCUT2D eigenvalue weighted by Gasteiger charge is 2.54. The number of carbonyl (C=O) groups excluding carboxylic acids is 1. The summed E-state index contributed by atoms with van der Waals surface area (Å²) in [6.45, 7) is 5.52. The lowest BCUT2D eigenvalue weighted by molar-refractivity contribution is -0.149. The number of phenols is 1. The highest BCUT2D eigenvalue weighted by Crippen LogP contribution is 2.58. The summed E-state index contributed by atoms with van der Waals surface area (Å²) in [5, 5.41) is 43.5. The van der Waals surface area contributed by atoms with E-state index in [4.69, 9.17) is 4.52 Å². The lowest BCUT2D eigenvalue weighted by Crippen LogP contribution is -2.62. The SMILES string of the molecule is CC(C)C(C(=O)N1C[C@H](O)C[C@H]1C(=O)O)c1cc(N2CC3(CC(c4cc5nnc(-c6ccccc6O)cc5n4C4CCC4)C3)C2)no1. The molecule has 2 saturated carbocycles. The van der Waals surface area contributed by atoms with Crippen LogP contribution in [-0.2, 0) is 9.59 Å². The normalized spacial score (nSPS) is 23.2. The molecule has 3 aromatic heterocycles. The quantitative estimate of drug-likeness (QED) is 0.247. The minimum absolute atomic E-state index is 0.000128. The molecule has 1 unspecified atom stereocenters. The van der Waals surface area contributed by atoms with Crippen molar-refractivity contribution in [2.24, 2.45) is 11.3 Å². The Hall–Kier alpha value is -4.45. The van der Waals surface area contributed by atoms with Crippen LogP contribution >= 0.6 is 0 Å². The molecule has 2 saturated heterocycles. The smallest absolute Gasteiger partial charge is 0.326 e. The molecule has 2 aliphatic heterocycles. The molecule has 0 radical (unpaired) electrons. The summed E-state index contributed by atoms with van der Waals surface area (Å²) in [7, 11) is 0. The average molecular weight is 641 g/mol. The van der Waals surface area contributed by atoms with Crippen molar-refractivity contribution in [2.75, 3.05) is 24.5 Å². The number of likely N-dealkylation sites (tertiary alicyclic amines) is 1. The van der Waals surface area contributed by atoms with Crippen molar-refractivity contribution in [2.45, 2.75) is 82.4 Å². The van der Waals surface area contributed by atoms with Crippen molar-refractivity contribution in [1.29, 1.82) is 0 Å². The van der Waals surface area contributed by atoms with E-state index in [1.807, 2.05) is 32.0 Å². The number of hydrogen-bond donors (Lipinski definition) is 3. The number of para-hydroxylation sites is 1. The zero-order chi connectivity index (χ0) is 32.6. The van der Waals surface area contributed by atoms with Gasteiger partial charge in [0.25, 0.3) is 0 Å². The number of aliphatic hydroxyl groups excluding tert-OH is 1. The molecule has 4 aromatic rings. The first-order chi connectivity index (χ1) is 22.6. The molecule has 47 heavy (non-hydrogen) atoms. The van der Waals surface area contributed by atoms with E-state index in [-0.39, 0.29) is 36.0 Å². The minimum Gasteiger partial charge on any atom is -0.507 e. The molecule has 3 atom stereocenters. The first kappa shape index (κ1) is 29.9. The van der Waals surface area contributed by atoms with Crippen LogP contribution in [0.2, 0.25) is 0 Å². The number of fused-ring (bicyclic) bond motifs is 1. The van der Waals surface area contributed by atoms with Gasteiger partial charge in [-0.15, -0.1) is 10.2 Å². The van der Waals surface area contributed by atoms with Gasteiger partial charge in [-0.3, -0.25) is 4.79 Å². The summed E-state index contributed by atoms with van der Waals surface area (Å²) in [6.07, 6.45) is 4.84. The van der Waals surface area contributed by atoms with Crippen LogP contribution in [0.4, 0.5) is 5.82 Å². The highest BCUT2D eigenvalue weighted by molar-refractivity contribution is 5.89. The molecule has 12 heteroatoms. The van der Waals surface area contributed by atoms with Gasteiger partial charge >= 0.3 is 5.97 Å². The van der Waals surface area contributed by atoms with Crippen LogP contribution in [0.3, 0.4) is 0 Å². The van der Waals surface area contributed by atoms with E-state index < -0.39 is 24.0 Å². The predicted molar refractivity (Wildman–Crippen MR) is 172 cm³/mol. The molecule has 1 amide bonds. The number of aromatic nitrogens is 4. The molecule has 4 aliphatic rings. The van der Waals surface area contributed by atoms with Gasteiger partial charge in [-0.2, -0.15) is 0 Å². The highest BCUT2D eigenvalue weighted by atomic mass is 16.5. The molecule has 5 heterocycles. The molecule has 246 valence electrons. The van der Waals surface area contributed by atoms with Gasteiger partial charge in [0.15, 0.2) is 11.6 Å². The maximum Gasteiger partial charge on any atom is 0.326 e. The molecule has 1 aromatic carbocycles. The van der Waals surface area contributed by atoms with E-state index in [1.165, 1.54) is 17.0 Å². The number of hydrogen-bond acceptors (Lipinski definition) is 9. The van der Waals surface area contributed by atoms with Crippen LogP contribution in [0.1, 0.15) is 81.7 Å². The number of phenolic OH excluding ortho intramolecular Hbond substituents is 1. The van der Waals surface area contributed by atoms with E-state index in [1.54, 1.807) is 12.1 Å². The lowest BCUT2D eigenvalue weighted by atomic mass is 9.57. The number of carboxylic acid groups (broad SMARTS) is 1. The van der Waals surface area contributed by atoms with Crippen LogP contribution < -0.4 is 4.90 Å². The van der Waals surface area contributed by atoms with Gasteiger partial charge in [0.05, 0.1) is 17.3 Å². The molecular weight excluding hydrogens is 600 g/mol. The Labute approximate surface area is 272 Å². The topological polar surface area (TPSA) is 158 Å². The Kier molecular flexibility index (Phi) is 7.05. The van der Waals surface area contributed by atoms with Crippen LogP contribution in [0.25, 0.3) is 22.3 Å². The van der Waals surface area contributed by atoms with Crippen molar-refractivity contribution < 1.29 is 29.4 Å². The fourth-order valence-corrected chi connectivity index (χ4v) is 8.38. The van der Waals surface area contributed by atoms with Crippen LogP contribution in [-0.4, -0.2) is 83.8 Å². The minimum atomic E-state index is -1.11. The van der Waals surface area contributed by atoms with Gasteiger partial charge < -0.3 is 34.2 Å². The third-order valence-electron chi connectivity index (χ3n) is 11.0. The Balaban J connectivity index is 0.970. The summed E-state index contributed by atoms with van der Waals surface area (Å²) in [6, 6.07) is 12.8. The Morgan fingerprint density at radius 2 is 1.83 bits per heavy atom. The van der Waals surface area contributed by atoms with E-state index >= 15 is 0 Å². The van der Waals surface area contributed by atoms with Crippen molar-refractivity contribution in [1.82, 2.24) is 24.8 Å². The van der Waals surface area contributed by atoms with Crippen LogP contribution in [0.15, 0.2) is 47.0 Å². The number of aliphatic carboxylic acids is 1. The first-order valence-corrected chi connectivity index (χ1v) is 16.7. The van der Waals surface area contributed by atoms with Gasteiger partial charge in [-0.25, -0.2) is 4.79 Å². The molecule has 12 nitrogen and oxygen atoms in total. The van der Waals surface area contributed by atoms with Gasteiger partial charge in [0, 0.05) is 60.8 Å². The largest absolute Gasteiger partial charge is 0.507 e. The summed E-state index contributed by atoms with van der Waals surface area (Å²) < 4.78 is 8.21. The molecule has 2 aliphatic carbocycles. The second-order valence-corrected chi connectivity index (χ2v) is 14.5. The van der Waals surface area contributed by atoms with Crippen molar-refractivity contribution in [3.8, 4) is 17.0 Å². The zero-order valence-corrected chi connectivity index (χ0v) is 26.6. The van der Waals surface area contributed by atoms with Crippen molar-refractivity contribution in [3.05, 3.63) is 53.9 Å². The van der Waals surface area contributed by atoms with Crippen LogP contribution in [0.5, 0.6) is 5.75 Å². The zero-order valence-electron chi connectivity index (χ0n) is 26.6. The van der Waals surface area contributed by atoms with E-state index in [9.17, 15) is 24.9 Å². The summed E-state index contributed by atoms with van der Waals surface area (Å²) in [5.41, 5.74) is 4.85. The summed E-state index contributed by atoms with van der Waals surface area (Å²) in [4.78, 5) is 28.8. The van der Waals surface area contributed by atoms with Crippen molar-refractivity contribution >= 4 is 28.7 Å². The number of aliphatic hydroxyl groups is 1. The second-order valence-electron chi connectivity index (χ2n) is 14.5. The molecule has 3 N–H and O–H groups in total. The number of aromatic hydroxyl groups is 1. The van der Waals surface area contributed by atoms with Crippen LogP contribution in [0, 0.1) is 11.3 Å². The van der Waals surface area contributed by atoms with E-state index in [0.717, 1.165) is 49.8 Å². The summed E-state index contributed by atoms with van der Waals surface area (Å²) >= 11 is 0. The fourth-order valence-electron chi connectivity index (χ4n) is 8.38. The molecular formula is C35H40N6O6. The second kappa shape index (κ2) is 11.1. The number of carboxylic acids is 1. The maximum atomic E-state index is 13.5. The maximum absolute atomic E-state index is 13.5. The monoisotopic (exact) mass is 640 g/mol. The predicted octanol–water partition coefficient (Wildman–Crippen LogP) is 4.69. The van der Waals surface area contributed by atoms with Gasteiger partial charge in [-0.05, 0) is 62.3 Å². The van der Waals surface area contributed by atoms with E-state index in [2.05, 4.69) is 37.0 Å². The number of nitrogens with zero attached hydrogens (tertiary/aromatic N) is 6. The third kappa shape index (κ3) is 4.95. The number of anilines is 1. The average Bonchev–Trinajstić information content (AvgIpc) is 3.69. The fraction of sp³-hybridized carbons (Fsp3) is 0.514. The standard InChI is InChI=1S/C35H40N6O6/c1-19(2)32(33(44)40-16-22(42)10-28(40)34(45)46)30-13-31(38-47-30)39-17-35(18-39)14-20(15-35)26-12-25-27(41(26)21-6-5-7-21)11-24(36-37-25)23-8-3-4-9-29(23)43/h3-4,8-9,11-13,19-22,28,32,42-43H,5-7,10,14-18H2,1-2H3,(H,45,46)/t22-,28+,32?/m1/s1. The molecule has 1 spiro atoms. The van der Waals surface area contributed by atoms with Crippen molar-refractivity contribution in [3.63, 3.8) is 0 Å². The van der Waals surface area contributed by atoms with Gasteiger partial charge in [0.2, 0.25) is 5.91 Å². The Bertz CT molecular complexity index is 1850. The summed E-state index contributed by atoms with van der Waals surface area (Å²) in [5.74, 6) is -0.559. The van der Waals surface area contributed by atoms with E-state index in [0.29, 0.717) is 34.8 Å². The Morgan fingerprint density at radius 3 is 2.51 bits per heavy atom. The Morgan fingerprint density at radius 1 is 1.06 bits per heavy atom. The first-order valence-electron chi connectivity index (χ1n) is 16.7. The number of benzene rings is 1. The number of amides is 1. The number of rotatable bonds is 8. The number of β-amino-alcohol motifs (C(OH)–C–C–N with tert-alkyl or cyclic N) is 1. The third-order valence-corrected chi connectivity index (χ3v) is 11.0. The van der Waals surface area contributed by atoms with Gasteiger partial charge in [0.1, 0.15) is 23.2 Å². The molecule has 4 fully saturated rings. The lowest BCUT2D eigenvalue weighted by Gasteiger charge is -2.59. The molecule has 0 bridgehead atoms. The number of carbonyl (C=O) groups is 2. The van der Waals surface area contributed by atoms with Gasteiger partial charge in [-0.1, -0.05) is 31.1 Å². The molecule has 8 rings (SSSR count).